The minimum absolute atomic E-state index is 0.124. The summed E-state index contributed by atoms with van der Waals surface area (Å²) in [4.78, 5) is 12.1. The van der Waals surface area contributed by atoms with E-state index in [-0.39, 0.29) is 12.5 Å². The van der Waals surface area contributed by atoms with Gasteiger partial charge in [0.05, 0.1) is 33.6 Å². The molecule has 1 amide bonds. The standard InChI is InChI=1S/C18H22N2O4/c1-22-14-8-9-17(24-3)15(10-14)19-12-18(21)20-11-13-6-4-5-7-16(13)23-2/h4-10,19H,11-12H2,1-3H3,(H,20,21). The number of nitrogens with one attached hydrogen (secondary N) is 2. The number of carbonyl (C=O) groups excluding carboxylic acids is 1. The molecule has 0 saturated heterocycles. The Bertz CT molecular complexity index is 688. The highest BCUT2D eigenvalue weighted by Crippen LogP contribution is 2.28. The summed E-state index contributed by atoms with van der Waals surface area (Å²) in [5.41, 5.74) is 1.62. The van der Waals surface area contributed by atoms with Crippen molar-refractivity contribution < 1.29 is 19.0 Å². The molecule has 6 nitrogen and oxygen atoms in total. The van der Waals surface area contributed by atoms with Gasteiger partial charge in [-0.05, 0) is 18.2 Å². The van der Waals surface area contributed by atoms with Gasteiger partial charge in [0, 0.05) is 18.2 Å². The van der Waals surface area contributed by atoms with Crippen LogP contribution in [-0.2, 0) is 11.3 Å². The molecule has 2 rings (SSSR count). The third kappa shape index (κ3) is 4.55. The minimum Gasteiger partial charge on any atom is -0.497 e. The van der Waals surface area contributed by atoms with Crippen molar-refractivity contribution in [3.8, 4) is 17.2 Å². The zero-order chi connectivity index (χ0) is 17.4. The Balaban J connectivity index is 1.91. The maximum atomic E-state index is 12.1. The van der Waals surface area contributed by atoms with Crippen LogP contribution in [-0.4, -0.2) is 33.8 Å². The summed E-state index contributed by atoms with van der Waals surface area (Å²) in [6.45, 7) is 0.526. The first-order chi connectivity index (χ1) is 11.7. The lowest BCUT2D eigenvalue weighted by atomic mass is 10.2. The summed E-state index contributed by atoms with van der Waals surface area (Å²) in [6, 6.07) is 12.9. The molecule has 6 heteroatoms. The number of hydrogen-bond donors (Lipinski definition) is 2. The van der Waals surface area contributed by atoms with E-state index in [0.717, 1.165) is 11.3 Å². The summed E-state index contributed by atoms with van der Waals surface area (Å²) in [5.74, 6) is 1.95. The number of hydrogen-bond acceptors (Lipinski definition) is 5. The van der Waals surface area contributed by atoms with Crippen LogP contribution in [0.15, 0.2) is 42.5 Å². The Morgan fingerprint density at radius 2 is 1.71 bits per heavy atom. The number of benzene rings is 2. The van der Waals surface area contributed by atoms with Crippen LogP contribution in [0.25, 0.3) is 0 Å². The summed E-state index contributed by atoms with van der Waals surface area (Å²) in [6.07, 6.45) is 0. The Hall–Kier alpha value is -2.89. The molecule has 0 spiro atoms. The third-order valence-corrected chi connectivity index (χ3v) is 3.51. The zero-order valence-corrected chi connectivity index (χ0v) is 14.1. The maximum absolute atomic E-state index is 12.1. The van der Waals surface area contributed by atoms with E-state index in [9.17, 15) is 4.79 Å². The summed E-state index contributed by atoms with van der Waals surface area (Å²) >= 11 is 0. The molecule has 0 aliphatic rings. The van der Waals surface area contributed by atoms with E-state index in [4.69, 9.17) is 14.2 Å². The van der Waals surface area contributed by atoms with Gasteiger partial charge < -0.3 is 24.8 Å². The molecule has 128 valence electrons. The predicted molar refractivity (Wildman–Crippen MR) is 92.9 cm³/mol. The average Bonchev–Trinajstić information content (AvgIpc) is 2.64. The van der Waals surface area contributed by atoms with E-state index in [1.807, 2.05) is 24.3 Å². The Morgan fingerprint density at radius 3 is 2.42 bits per heavy atom. The maximum Gasteiger partial charge on any atom is 0.239 e. The second-order valence-corrected chi connectivity index (χ2v) is 5.01. The SMILES string of the molecule is COc1ccc(OC)c(NCC(=O)NCc2ccccc2OC)c1. The molecule has 0 unspecified atom stereocenters. The quantitative estimate of drug-likeness (QED) is 0.778. The monoisotopic (exact) mass is 330 g/mol. The van der Waals surface area contributed by atoms with E-state index in [1.165, 1.54) is 0 Å². The summed E-state index contributed by atoms with van der Waals surface area (Å²) in [7, 11) is 4.78. The van der Waals surface area contributed by atoms with E-state index in [0.29, 0.717) is 23.7 Å². The molecular formula is C18H22N2O4. The van der Waals surface area contributed by atoms with Gasteiger partial charge >= 0.3 is 0 Å². The normalized spacial score (nSPS) is 9.96. The number of amides is 1. The Morgan fingerprint density at radius 1 is 0.958 bits per heavy atom. The highest BCUT2D eigenvalue weighted by molar-refractivity contribution is 5.81. The first-order valence-corrected chi connectivity index (χ1v) is 7.52. The fraction of sp³-hybridized carbons (Fsp3) is 0.278. The zero-order valence-electron chi connectivity index (χ0n) is 14.1. The minimum atomic E-state index is -0.134. The van der Waals surface area contributed by atoms with Crippen molar-refractivity contribution in [3.63, 3.8) is 0 Å². The van der Waals surface area contributed by atoms with Gasteiger partial charge in [0.2, 0.25) is 5.91 Å². The molecule has 2 N–H and O–H groups in total. The Kier molecular flexibility index (Phi) is 6.31. The number of para-hydroxylation sites is 1. The number of methoxy groups -OCH3 is 3. The molecule has 0 atom stereocenters. The van der Waals surface area contributed by atoms with Crippen LogP contribution in [0.1, 0.15) is 5.56 Å². The van der Waals surface area contributed by atoms with Crippen molar-refractivity contribution in [2.75, 3.05) is 33.2 Å². The molecule has 0 saturated carbocycles. The van der Waals surface area contributed by atoms with Crippen molar-refractivity contribution in [3.05, 3.63) is 48.0 Å². The van der Waals surface area contributed by atoms with Gasteiger partial charge in [0.15, 0.2) is 0 Å². The molecule has 24 heavy (non-hydrogen) atoms. The number of anilines is 1. The lowest BCUT2D eigenvalue weighted by Gasteiger charge is -2.13. The van der Waals surface area contributed by atoms with Crippen LogP contribution in [0, 0.1) is 0 Å². The highest BCUT2D eigenvalue weighted by Gasteiger charge is 2.08. The first-order valence-electron chi connectivity index (χ1n) is 7.52. The van der Waals surface area contributed by atoms with Crippen molar-refractivity contribution in [1.29, 1.82) is 0 Å². The van der Waals surface area contributed by atoms with Gasteiger partial charge in [-0.2, -0.15) is 0 Å². The molecule has 0 bridgehead atoms. The lowest BCUT2D eigenvalue weighted by molar-refractivity contribution is -0.119. The average molecular weight is 330 g/mol. The summed E-state index contributed by atoms with van der Waals surface area (Å²) < 4.78 is 15.7. The van der Waals surface area contributed by atoms with Crippen LogP contribution in [0.5, 0.6) is 17.2 Å². The first kappa shape index (κ1) is 17.5. The van der Waals surface area contributed by atoms with E-state index < -0.39 is 0 Å². The molecule has 0 aliphatic carbocycles. The molecule has 2 aromatic carbocycles. The van der Waals surface area contributed by atoms with Gasteiger partial charge in [0.1, 0.15) is 17.2 Å². The number of rotatable bonds is 8. The van der Waals surface area contributed by atoms with Gasteiger partial charge in [0.25, 0.3) is 0 Å². The van der Waals surface area contributed by atoms with Gasteiger partial charge in [-0.3, -0.25) is 4.79 Å². The van der Waals surface area contributed by atoms with Crippen molar-refractivity contribution in [1.82, 2.24) is 5.32 Å². The molecule has 0 aliphatic heterocycles. The van der Waals surface area contributed by atoms with Crippen LogP contribution in [0.3, 0.4) is 0 Å². The van der Waals surface area contributed by atoms with Crippen LogP contribution >= 0.6 is 0 Å². The second kappa shape index (κ2) is 8.67. The molecule has 0 heterocycles. The van der Waals surface area contributed by atoms with Crippen molar-refractivity contribution in [2.45, 2.75) is 6.54 Å². The predicted octanol–water partition coefficient (Wildman–Crippen LogP) is 2.44. The fourth-order valence-corrected chi connectivity index (χ4v) is 2.23. The van der Waals surface area contributed by atoms with Gasteiger partial charge in [-0.1, -0.05) is 18.2 Å². The molecular weight excluding hydrogens is 308 g/mol. The summed E-state index contributed by atoms with van der Waals surface area (Å²) in [5, 5.41) is 5.91. The van der Waals surface area contributed by atoms with E-state index in [2.05, 4.69) is 10.6 Å². The Labute approximate surface area is 141 Å². The fourth-order valence-electron chi connectivity index (χ4n) is 2.23. The van der Waals surface area contributed by atoms with E-state index in [1.54, 1.807) is 39.5 Å². The molecule has 2 aromatic rings. The van der Waals surface area contributed by atoms with Crippen LogP contribution < -0.4 is 24.8 Å². The van der Waals surface area contributed by atoms with Crippen LogP contribution in [0.2, 0.25) is 0 Å². The van der Waals surface area contributed by atoms with Crippen molar-refractivity contribution in [2.24, 2.45) is 0 Å². The second-order valence-electron chi connectivity index (χ2n) is 5.01. The van der Waals surface area contributed by atoms with Crippen molar-refractivity contribution >= 4 is 11.6 Å². The topological polar surface area (TPSA) is 68.8 Å². The molecule has 0 radical (unpaired) electrons. The lowest BCUT2D eigenvalue weighted by Crippen LogP contribution is -2.29. The molecule has 0 aromatic heterocycles. The third-order valence-electron chi connectivity index (χ3n) is 3.51. The largest absolute Gasteiger partial charge is 0.497 e. The molecule has 0 fully saturated rings. The number of ether oxygens (including phenoxy) is 3. The van der Waals surface area contributed by atoms with E-state index >= 15 is 0 Å². The van der Waals surface area contributed by atoms with Gasteiger partial charge in [-0.15, -0.1) is 0 Å². The van der Waals surface area contributed by atoms with Crippen LogP contribution in [0.4, 0.5) is 5.69 Å². The number of carbonyl (C=O) groups is 1. The highest BCUT2D eigenvalue weighted by atomic mass is 16.5. The smallest absolute Gasteiger partial charge is 0.239 e. The van der Waals surface area contributed by atoms with Gasteiger partial charge in [-0.25, -0.2) is 0 Å².